The molecular formula is C24H17N2O+. The summed E-state index contributed by atoms with van der Waals surface area (Å²) in [7, 11) is 2.06. The van der Waals surface area contributed by atoms with Gasteiger partial charge in [-0.25, -0.2) is 4.57 Å². The Morgan fingerprint density at radius 1 is 0.852 bits per heavy atom. The summed E-state index contributed by atoms with van der Waals surface area (Å²) in [5.41, 5.74) is 4.54. The number of fused-ring (bicyclic) bond motifs is 5. The minimum Gasteiger partial charge on any atom is -0.456 e. The van der Waals surface area contributed by atoms with Crippen LogP contribution in [0.25, 0.3) is 43.7 Å². The molecule has 27 heavy (non-hydrogen) atoms. The average Bonchev–Trinajstić information content (AvgIpc) is 2.69. The molecule has 0 fully saturated rings. The fourth-order valence-electron chi connectivity index (χ4n) is 4.48. The van der Waals surface area contributed by atoms with Crippen LogP contribution in [-0.2, 0) is 7.05 Å². The molecule has 6 rings (SSSR count). The highest BCUT2D eigenvalue weighted by atomic mass is 16.5. The van der Waals surface area contributed by atoms with Gasteiger partial charge in [-0.2, -0.15) is 0 Å². The molecule has 3 heteroatoms. The Labute approximate surface area is 156 Å². The highest BCUT2D eigenvalue weighted by molar-refractivity contribution is 6.13. The van der Waals surface area contributed by atoms with E-state index >= 15 is 0 Å². The number of aromatic nitrogens is 2. The van der Waals surface area contributed by atoms with Crippen LogP contribution in [0, 0.1) is 6.92 Å². The minimum absolute atomic E-state index is 0.873. The molecule has 2 heterocycles. The van der Waals surface area contributed by atoms with Crippen LogP contribution in [0.15, 0.2) is 67.0 Å². The zero-order valence-corrected chi connectivity index (χ0v) is 15.2. The topological polar surface area (TPSA) is 26.0 Å². The van der Waals surface area contributed by atoms with E-state index in [1.165, 1.54) is 32.8 Å². The van der Waals surface area contributed by atoms with Gasteiger partial charge in [0.05, 0.1) is 12.6 Å². The first-order valence-corrected chi connectivity index (χ1v) is 9.13. The third-order valence-electron chi connectivity index (χ3n) is 5.66. The summed E-state index contributed by atoms with van der Waals surface area (Å²) in [5, 5.41) is 6.12. The molecule has 3 nitrogen and oxygen atoms in total. The van der Waals surface area contributed by atoms with E-state index in [0.29, 0.717) is 0 Å². The van der Waals surface area contributed by atoms with Crippen LogP contribution in [0.1, 0.15) is 5.56 Å². The van der Waals surface area contributed by atoms with Crippen LogP contribution in [0.5, 0.6) is 11.5 Å². The van der Waals surface area contributed by atoms with Gasteiger partial charge in [0, 0.05) is 0 Å². The third kappa shape index (κ3) is 1.86. The van der Waals surface area contributed by atoms with E-state index in [1.807, 2.05) is 24.5 Å². The number of nitrogens with zero attached hydrogens (tertiary/aromatic N) is 2. The molecule has 1 aliphatic rings. The summed E-state index contributed by atoms with van der Waals surface area (Å²) < 4.78 is 8.46. The van der Waals surface area contributed by atoms with Crippen LogP contribution in [0.4, 0.5) is 0 Å². The van der Waals surface area contributed by atoms with Gasteiger partial charge >= 0.3 is 0 Å². The third-order valence-corrected chi connectivity index (χ3v) is 5.66. The lowest BCUT2D eigenvalue weighted by molar-refractivity contribution is -0.662. The van der Waals surface area contributed by atoms with Crippen LogP contribution in [-0.4, -0.2) is 4.98 Å². The molecule has 0 saturated carbocycles. The monoisotopic (exact) mass is 349 g/mol. The Balaban J connectivity index is 1.85. The Kier molecular flexibility index (Phi) is 2.74. The lowest BCUT2D eigenvalue weighted by Gasteiger charge is -2.22. The van der Waals surface area contributed by atoms with Crippen molar-refractivity contribution in [3.63, 3.8) is 0 Å². The van der Waals surface area contributed by atoms with Gasteiger partial charge in [0.15, 0.2) is 11.2 Å². The van der Waals surface area contributed by atoms with Crippen LogP contribution in [0.3, 0.4) is 0 Å². The lowest BCUT2D eigenvalue weighted by atomic mass is 9.90. The van der Waals surface area contributed by atoms with Crippen molar-refractivity contribution in [3.8, 4) is 22.8 Å². The maximum atomic E-state index is 6.35. The van der Waals surface area contributed by atoms with Crippen molar-refractivity contribution in [1.82, 2.24) is 4.98 Å². The number of ether oxygens (including phenoxy) is 1. The minimum atomic E-state index is 0.873. The Morgan fingerprint density at radius 2 is 1.70 bits per heavy atom. The molecule has 1 aromatic heterocycles. The van der Waals surface area contributed by atoms with Crippen LogP contribution >= 0.6 is 0 Å². The highest BCUT2D eigenvalue weighted by Gasteiger charge is 2.29. The summed E-state index contributed by atoms with van der Waals surface area (Å²) in [5.74, 6) is 1.79. The second kappa shape index (κ2) is 5.04. The van der Waals surface area contributed by atoms with E-state index in [9.17, 15) is 0 Å². The van der Waals surface area contributed by atoms with Gasteiger partial charge in [-0.05, 0) is 57.2 Å². The van der Waals surface area contributed by atoms with E-state index in [4.69, 9.17) is 4.74 Å². The summed E-state index contributed by atoms with van der Waals surface area (Å²) >= 11 is 0. The lowest BCUT2D eigenvalue weighted by Crippen LogP contribution is -2.32. The first-order chi connectivity index (χ1) is 13.2. The first kappa shape index (κ1) is 14.7. The van der Waals surface area contributed by atoms with E-state index in [-0.39, 0.29) is 0 Å². The largest absolute Gasteiger partial charge is 0.456 e. The fourth-order valence-corrected chi connectivity index (χ4v) is 4.48. The van der Waals surface area contributed by atoms with Crippen molar-refractivity contribution < 1.29 is 9.30 Å². The molecule has 0 radical (unpaired) electrons. The molecule has 0 unspecified atom stereocenters. The van der Waals surface area contributed by atoms with Crippen molar-refractivity contribution in [2.24, 2.45) is 7.05 Å². The Hall–Kier alpha value is -3.46. The molecule has 0 amide bonds. The standard InChI is InChI=1S/C24H17N2O/c1-14-21-16(11-10-15-6-3-4-7-17(15)21)12-20-22(14)24-23-18(25-13-26(24)2)8-5-9-19(23)27-20/h3-13H,1-2H3/q+1. The summed E-state index contributed by atoms with van der Waals surface area (Å²) in [6, 6.07) is 21.2. The van der Waals surface area contributed by atoms with Gasteiger partial charge in [-0.3, -0.25) is 0 Å². The maximum absolute atomic E-state index is 6.35. The van der Waals surface area contributed by atoms with Crippen LogP contribution < -0.4 is 9.30 Å². The molecule has 0 aliphatic carbocycles. The van der Waals surface area contributed by atoms with Gasteiger partial charge in [0.1, 0.15) is 16.9 Å². The predicted molar refractivity (Wildman–Crippen MR) is 108 cm³/mol. The van der Waals surface area contributed by atoms with Gasteiger partial charge in [0.25, 0.3) is 6.33 Å². The quantitative estimate of drug-likeness (QED) is 0.269. The molecule has 0 spiro atoms. The van der Waals surface area contributed by atoms with Crippen molar-refractivity contribution in [2.75, 3.05) is 0 Å². The summed E-state index contributed by atoms with van der Waals surface area (Å²) in [6.07, 6.45) is 1.89. The molecule has 0 N–H and O–H groups in total. The fraction of sp³-hybridized carbons (Fsp3) is 0.0833. The second-order valence-corrected chi connectivity index (χ2v) is 7.22. The van der Waals surface area contributed by atoms with Gasteiger partial charge < -0.3 is 4.74 Å². The van der Waals surface area contributed by atoms with Gasteiger partial charge in [-0.1, -0.05) is 42.5 Å². The first-order valence-electron chi connectivity index (χ1n) is 9.13. The summed E-state index contributed by atoms with van der Waals surface area (Å²) in [4.78, 5) is 4.58. The van der Waals surface area contributed by atoms with E-state index < -0.39 is 0 Å². The molecule has 0 saturated heterocycles. The Bertz CT molecular complexity index is 1420. The highest BCUT2D eigenvalue weighted by Crippen LogP contribution is 2.48. The smallest absolute Gasteiger partial charge is 0.287 e. The molecule has 1 aliphatic heterocycles. The zero-order valence-electron chi connectivity index (χ0n) is 15.2. The van der Waals surface area contributed by atoms with Crippen molar-refractivity contribution in [3.05, 3.63) is 72.6 Å². The SMILES string of the molecule is Cc1c2c(cc3ccc4ccccc4c13)Oc1cccc3nc[n+](C)c-2c13. The molecule has 4 aromatic carbocycles. The van der Waals surface area contributed by atoms with Crippen molar-refractivity contribution in [2.45, 2.75) is 6.92 Å². The number of rotatable bonds is 0. The maximum Gasteiger partial charge on any atom is 0.287 e. The predicted octanol–water partition coefficient (Wildman–Crippen LogP) is 5.45. The van der Waals surface area contributed by atoms with Gasteiger partial charge in [0.2, 0.25) is 0 Å². The molecule has 5 aromatic rings. The molecule has 128 valence electrons. The van der Waals surface area contributed by atoms with Crippen LogP contribution in [0.2, 0.25) is 0 Å². The average molecular weight is 349 g/mol. The number of benzene rings is 4. The number of aryl methyl sites for hydroxylation is 2. The van der Waals surface area contributed by atoms with Crippen molar-refractivity contribution >= 4 is 32.4 Å². The van der Waals surface area contributed by atoms with Crippen molar-refractivity contribution in [1.29, 1.82) is 0 Å². The van der Waals surface area contributed by atoms with E-state index in [2.05, 4.69) is 66.0 Å². The summed E-state index contributed by atoms with van der Waals surface area (Å²) in [6.45, 7) is 2.21. The van der Waals surface area contributed by atoms with E-state index in [1.54, 1.807) is 0 Å². The molecular weight excluding hydrogens is 332 g/mol. The number of hydrogen-bond donors (Lipinski definition) is 0. The number of hydrogen-bond acceptors (Lipinski definition) is 2. The molecule has 0 bridgehead atoms. The second-order valence-electron chi connectivity index (χ2n) is 7.22. The Morgan fingerprint density at radius 3 is 2.63 bits per heavy atom. The van der Waals surface area contributed by atoms with Gasteiger partial charge in [-0.15, -0.1) is 0 Å². The normalized spacial score (nSPS) is 12.4. The van der Waals surface area contributed by atoms with E-state index in [0.717, 1.165) is 28.0 Å². The molecule has 0 atom stereocenters. The zero-order chi connectivity index (χ0) is 18.1.